The van der Waals surface area contributed by atoms with Gasteiger partial charge in [0, 0.05) is 18.5 Å². The Morgan fingerprint density at radius 3 is 2.55 bits per heavy atom. The summed E-state index contributed by atoms with van der Waals surface area (Å²) >= 11 is 0. The van der Waals surface area contributed by atoms with Gasteiger partial charge >= 0.3 is 0 Å². The molecule has 1 amide bonds. The number of fused-ring (bicyclic) bond motifs is 1. The lowest BCUT2D eigenvalue weighted by molar-refractivity contribution is -0.140. The Kier molecular flexibility index (Phi) is 8.62. The monoisotopic (exact) mass is 522 g/mol. The molecule has 1 N–H and O–H groups in total. The van der Waals surface area contributed by atoms with Crippen LogP contribution in [0, 0.1) is 0 Å². The van der Waals surface area contributed by atoms with Crippen molar-refractivity contribution in [1.29, 1.82) is 0 Å². The number of Topliss-reactive ketones (excluding diaryl/α,β-unsaturated/α-hetero) is 1. The number of benzene rings is 2. The van der Waals surface area contributed by atoms with Gasteiger partial charge in [0.15, 0.2) is 11.5 Å². The van der Waals surface area contributed by atoms with Crippen LogP contribution in [0.2, 0.25) is 0 Å². The zero-order valence-corrected chi connectivity index (χ0v) is 23.0. The fourth-order valence-electron chi connectivity index (χ4n) is 5.32. The zero-order valence-electron chi connectivity index (χ0n) is 23.0. The first-order chi connectivity index (χ1) is 18.3. The number of rotatable bonds is 11. The summed E-state index contributed by atoms with van der Waals surface area (Å²) in [6.07, 6.45) is 1.47. The first kappa shape index (κ1) is 27.5. The van der Waals surface area contributed by atoms with E-state index in [2.05, 4.69) is 18.7 Å². The van der Waals surface area contributed by atoms with Crippen molar-refractivity contribution in [3.05, 3.63) is 58.7 Å². The van der Waals surface area contributed by atoms with E-state index in [0.717, 1.165) is 37.4 Å². The first-order valence-electron chi connectivity index (χ1n) is 13.4. The maximum atomic E-state index is 13.4. The normalized spacial score (nSPS) is 20.1. The summed E-state index contributed by atoms with van der Waals surface area (Å²) in [6, 6.07) is 10.0. The van der Waals surface area contributed by atoms with E-state index in [4.69, 9.17) is 14.2 Å². The fraction of sp³-hybridized carbons (Fsp3) is 0.467. The molecule has 0 aliphatic carbocycles. The van der Waals surface area contributed by atoms with Crippen molar-refractivity contribution in [3.63, 3.8) is 0 Å². The summed E-state index contributed by atoms with van der Waals surface area (Å²) in [7, 11) is 1.55. The number of hydrogen-bond donors (Lipinski definition) is 1. The van der Waals surface area contributed by atoms with Crippen molar-refractivity contribution in [1.82, 2.24) is 9.80 Å². The number of carbonyl (C=O) groups is 2. The molecule has 1 saturated heterocycles. The van der Waals surface area contributed by atoms with Crippen LogP contribution in [0.5, 0.6) is 17.2 Å². The molecule has 0 aromatic heterocycles. The molecule has 2 aliphatic rings. The summed E-state index contributed by atoms with van der Waals surface area (Å²) in [5.74, 6) is 0.371. The minimum absolute atomic E-state index is 0.0510. The summed E-state index contributed by atoms with van der Waals surface area (Å²) in [4.78, 5) is 30.6. The Labute approximate surface area is 224 Å². The Morgan fingerprint density at radius 1 is 1.11 bits per heavy atom. The molecular formula is C30H38N2O6. The van der Waals surface area contributed by atoms with Gasteiger partial charge in [-0.25, -0.2) is 0 Å². The molecule has 8 heteroatoms. The molecule has 0 unspecified atom stereocenters. The van der Waals surface area contributed by atoms with Gasteiger partial charge in [-0.05, 0) is 81.4 Å². The smallest absolute Gasteiger partial charge is 0.295 e. The molecule has 0 radical (unpaired) electrons. The zero-order chi connectivity index (χ0) is 27.4. The van der Waals surface area contributed by atoms with E-state index in [9.17, 15) is 14.7 Å². The third-order valence-electron chi connectivity index (χ3n) is 7.28. The predicted molar refractivity (Wildman–Crippen MR) is 146 cm³/mol. The van der Waals surface area contributed by atoms with Crippen LogP contribution in [0.1, 0.15) is 56.8 Å². The molecule has 2 heterocycles. The van der Waals surface area contributed by atoms with E-state index in [1.807, 2.05) is 32.0 Å². The third-order valence-corrected chi connectivity index (χ3v) is 7.28. The fourth-order valence-corrected chi connectivity index (χ4v) is 5.32. The van der Waals surface area contributed by atoms with Gasteiger partial charge in [0.2, 0.25) is 0 Å². The van der Waals surface area contributed by atoms with E-state index in [-0.39, 0.29) is 17.4 Å². The Balaban J connectivity index is 1.78. The van der Waals surface area contributed by atoms with Crippen LogP contribution in [0.25, 0.3) is 5.76 Å². The van der Waals surface area contributed by atoms with Crippen LogP contribution in [0.4, 0.5) is 0 Å². The Morgan fingerprint density at radius 2 is 1.87 bits per heavy atom. The van der Waals surface area contributed by atoms with Gasteiger partial charge in [-0.15, -0.1) is 0 Å². The van der Waals surface area contributed by atoms with Crippen LogP contribution >= 0.6 is 0 Å². The summed E-state index contributed by atoms with van der Waals surface area (Å²) < 4.78 is 17.0. The lowest BCUT2D eigenvalue weighted by Gasteiger charge is -2.27. The second-order valence-electron chi connectivity index (χ2n) is 9.67. The molecule has 2 aliphatic heterocycles. The van der Waals surface area contributed by atoms with Gasteiger partial charge in [-0.3, -0.25) is 9.59 Å². The van der Waals surface area contributed by atoms with Gasteiger partial charge in [0.25, 0.3) is 11.7 Å². The number of methoxy groups -OCH3 is 1. The maximum absolute atomic E-state index is 13.4. The highest BCUT2D eigenvalue weighted by Crippen LogP contribution is 2.42. The standard InChI is InChI=1S/C30H38N2O6/c1-6-31(7-2)14-9-15-32-27(20-10-13-24(37-8-3)25(18-20)36-5)26(29(34)30(32)35)28(33)21-11-12-23-22(17-21)16-19(4)38-23/h10-13,17-19,27,33H,6-9,14-16H2,1-5H3/t19-,27-/m1/s1. The molecule has 2 atom stereocenters. The number of aliphatic hydroxyl groups is 1. The summed E-state index contributed by atoms with van der Waals surface area (Å²) in [5, 5.41) is 11.5. The van der Waals surface area contributed by atoms with Crippen molar-refractivity contribution < 1.29 is 28.9 Å². The van der Waals surface area contributed by atoms with Crippen LogP contribution in [-0.4, -0.2) is 72.6 Å². The summed E-state index contributed by atoms with van der Waals surface area (Å²) in [5.41, 5.74) is 2.21. The molecule has 1 fully saturated rings. The van der Waals surface area contributed by atoms with Crippen molar-refractivity contribution in [2.24, 2.45) is 0 Å². The molecular weight excluding hydrogens is 484 g/mol. The highest BCUT2D eigenvalue weighted by atomic mass is 16.5. The number of hydrogen-bond acceptors (Lipinski definition) is 7. The lowest BCUT2D eigenvalue weighted by Crippen LogP contribution is -2.33. The van der Waals surface area contributed by atoms with Crippen LogP contribution in [0.15, 0.2) is 42.0 Å². The minimum atomic E-state index is -0.750. The van der Waals surface area contributed by atoms with Gasteiger partial charge in [-0.1, -0.05) is 19.9 Å². The second-order valence-corrected chi connectivity index (χ2v) is 9.67. The van der Waals surface area contributed by atoms with E-state index in [1.54, 1.807) is 30.2 Å². The largest absolute Gasteiger partial charge is 0.507 e. The number of nitrogens with zero attached hydrogens (tertiary/aromatic N) is 2. The molecule has 0 saturated carbocycles. The molecule has 2 aromatic rings. The minimum Gasteiger partial charge on any atom is -0.507 e. The topological polar surface area (TPSA) is 88.5 Å². The quantitative estimate of drug-likeness (QED) is 0.263. The average Bonchev–Trinajstić information content (AvgIpc) is 3.42. The first-order valence-corrected chi connectivity index (χ1v) is 13.4. The molecule has 0 spiro atoms. The van der Waals surface area contributed by atoms with Gasteiger partial charge in [0.1, 0.15) is 17.6 Å². The van der Waals surface area contributed by atoms with Crippen LogP contribution < -0.4 is 14.2 Å². The molecule has 204 valence electrons. The lowest BCUT2D eigenvalue weighted by atomic mass is 9.94. The highest BCUT2D eigenvalue weighted by Gasteiger charge is 2.46. The third kappa shape index (κ3) is 5.36. The SMILES string of the molecule is CCOc1ccc([C@@H]2C(=C(O)c3ccc4c(c3)C[C@@H](C)O4)C(=O)C(=O)N2CCCN(CC)CC)cc1OC. The van der Waals surface area contributed by atoms with E-state index >= 15 is 0 Å². The second kappa shape index (κ2) is 11.9. The van der Waals surface area contributed by atoms with E-state index in [1.165, 1.54) is 0 Å². The molecule has 8 nitrogen and oxygen atoms in total. The number of amides is 1. The van der Waals surface area contributed by atoms with Crippen molar-refractivity contribution in [2.75, 3.05) is 39.9 Å². The molecule has 2 aromatic carbocycles. The van der Waals surface area contributed by atoms with Crippen LogP contribution in [-0.2, 0) is 16.0 Å². The highest BCUT2D eigenvalue weighted by molar-refractivity contribution is 6.46. The number of ketones is 1. The number of carbonyl (C=O) groups excluding carboxylic acids is 2. The molecule has 4 rings (SSSR count). The predicted octanol–water partition coefficient (Wildman–Crippen LogP) is 4.57. The van der Waals surface area contributed by atoms with Crippen LogP contribution in [0.3, 0.4) is 0 Å². The number of ether oxygens (including phenoxy) is 3. The average molecular weight is 523 g/mol. The van der Waals surface area contributed by atoms with Gasteiger partial charge in [0.05, 0.1) is 25.3 Å². The summed E-state index contributed by atoms with van der Waals surface area (Å²) in [6.45, 7) is 11.6. The maximum Gasteiger partial charge on any atom is 0.295 e. The Bertz CT molecular complexity index is 1220. The van der Waals surface area contributed by atoms with Gasteiger partial charge in [-0.2, -0.15) is 0 Å². The van der Waals surface area contributed by atoms with Crippen molar-refractivity contribution >= 4 is 17.4 Å². The number of likely N-dealkylation sites (tertiary alicyclic amines) is 1. The van der Waals surface area contributed by atoms with E-state index in [0.29, 0.717) is 42.2 Å². The molecule has 38 heavy (non-hydrogen) atoms. The number of aliphatic hydroxyl groups excluding tert-OH is 1. The van der Waals surface area contributed by atoms with Crippen molar-refractivity contribution in [3.8, 4) is 17.2 Å². The Hall–Kier alpha value is -3.52. The van der Waals surface area contributed by atoms with E-state index < -0.39 is 17.7 Å². The molecule has 0 bridgehead atoms. The van der Waals surface area contributed by atoms with Crippen molar-refractivity contribution in [2.45, 2.75) is 52.7 Å². The van der Waals surface area contributed by atoms with Gasteiger partial charge < -0.3 is 29.1 Å².